The summed E-state index contributed by atoms with van der Waals surface area (Å²) in [5.41, 5.74) is 0. The maximum atomic E-state index is 13.3. The van der Waals surface area contributed by atoms with E-state index in [-0.39, 0.29) is 18.9 Å². The fourth-order valence-electron chi connectivity index (χ4n) is 11.4. The number of aliphatic hydroxyl groups is 8. The van der Waals surface area contributed by atoms with Crippen molar-refractivity contribution in [1.82, 2.24) is 5.32 Å². The van der Waals surface area contributed by atoms with Gasteiger partial charge in [-0.05, 0) is 44.9 Å². The molecule has 0 saturated carbocycles. The van der Waals surface area contributed by atoms with E-state index in [0.717, 1.165) is 44.9 Å². The average molecular weight is 1150 g/mol. The van der Waals surface area contributed by atoms with Gasteiger partial charge < -0.3 is 65.1 Å². The van der Waals surface area contributed by atoms with Crippen LogP contribution >= 0.6 is 0 Å². The van der Waals surface area contributed by atoms with E-state index in [2.05, 4.69) is 31.3 Å². The summed E-state index contributed by atoms with van der Waals surface area (Å²) in [5.74, 6) is -0.240. The molecule has 9 N–H and O–H groups in total. The molecule has 0 bridgehead atoms. The van der Waals surface area contributed by atoms with Gasteiger partial charge in [-0.3, -0.25) is 4.79 Å². The van der Waals surface area contributed by atoms with Crippen LogP contribution in [0.25, 0.3) is 0 Å². The first-order valence-electron chi connectivity index (χ1n) is 34.1. The summed E-state index contributed by atoms with van der Waals surface area (Å²) in [6.45, 7) is 2.83. The lowest BCUT2D eigenvalue weighted by Gasteiger charge is -2.46. The Hall–Kier alpha value is -1.53. The van der Waals surface area contributed by atoms with Crippen molar-refractivity contribution in [3.8, 4) is 0 Å². The number of amides is 1. The quantitative estimate of drug-likeness (QED) is 0.0204. The number of carbonyl (C=O) groups is 1. The number of nitrogens with one attached hydrogen (secondary N) is 1. The molecule has 0 aliphatic carbocycles. The monoisotopic (exact) mass is 1150 g/mol. The zero-order valence-corrected chi connectivity index (χ0v) is 51.8. The van der Waals surface area contributed by atoms with Crippen molar-refractivity contribution in [1.29, 1.82) is 0 Å². The zero-order chi connectivity index (χ0) is 58.8. The third kappa shape index (κ3) is 37.6. The molecular formula is C67H127NO13. The summed E-state index contributed by atoms with van der Waals surface area (Å²) in [6, 6.07) is -0.916. The smallest absolute Gasteiger partial charge is 0.220 e. The second kappa shape index (κ2) is 52.8. The van der Waals surface area contributed by atoms with E-state index in [1.165, 1.54) is 231 Å². The number of hydrogen-bond donors (Lipinski definition) is 9. The highest BCUT2D eigenvalue weighted by atomic mass is 16.7. The Kier molecular flexibility index (Phi) is 49.2. The van der Waals surface area contributed by atoms with Crippen LogP contribution in [0.2, 0.25) is 0 Å². The molecule has 0 aromatic carbocycles. The van der Waals surface area contributed by atoms with Gasteiger partial charge in [-0.15, -0.1) is 0 Å². The number of allylic oxidation sites excluding steroid dienone is 3. The minimum atomic E-state index is -1.79. The molecule has 14 nitrogen and oxygen atoms in total. The molecule has 0 aromatic heterocycles. The van der Waals surface area contributed by atoms with Crippen LogP contribution in [0.15, 0.2) is 24.3 Å². The lowest BCUT2D eigenvalue weighted by Crippen LogP contribution is -2.65. The van der Waals surface area contributed by atoms with Crippen LogP contribution in [0, 0.1) is 0 Å². The molecule has 0 aromatic rings. The first-order valence-corrected chi connectivity index (χ1v) is 34.1. The van der Waals surface area contributed by atoms with E-state index in [0.29, 0.717) is 6.42 Å². The van der Waals surface area contributed by atoms with Crippen LogP contribution < -0.4 is 5.32 Å². The Morgan fingerprint density at radius 3 is 1.17 bits per heavy atom. The summed E-state index contributed by atoms with van der Waals surface area (Å²) in [5, 5.41) is 87.3. The van der Waals surface area contributed by atoms with E-state index < -0.39 is 86.8 Å². The first kappa shape index (κ1) is 75.6. The summed E-state index contributed by atoms with van der Waals surface area (Å²) < 4.78 is 22.8. The molecule has 81 heavy (non-hydrogen) atoms. The van der Waals surface area contributed by atoms with Crippen LogP contribution in [0.4, 0.5) is 0 Å². The van der Waals surface area contributed by atoms with Gasteiger partial charge in [0.1, 0.15) is 48.8 Å². The predicted molar refractivity (Wildman–Crippen MR) is 328 cm³/mol. The highest BCUT2D eigenvalue weighted by molar-refractivity contribution is 5.76. The van der Waals surface area contributed by atoms with E-state index in [1.807, 2.05) is 6.08 Å². The average Bonchev–Trinajstić information content (AvgIpc) is 3.47. The lowest BCUT2D eigenvalue weighted by molar-refractivity contribution is -0.359. The normalized spacial score (nSPS) is 24.2. The summed E-state index contributed by atoms with van der Waals surface area (Å²) in [7, 11) is 0. The molecule has 2 aliphatic rings. The van der Waals surface area contributed by atoms with Crippen molar-refractivity contribution in [2.45, 2.75) is 376 Å². The highest BCUT2D eigenvalue weighted by Gasteiger charge is 2.51. The number of hydrogen-bond acceptors (Lipinski definition) is 13. The number of unbranched alkanes of at least 4 members (excludes halogenated alkanes) is 41. The number of rotatable bonds is 56. The molecule has 1 amide bonds. The molecule has 14 heteroatoms. The fraction of sp³-hybridized carbons (Fsp3) is 0.925. The van der Waals surface area contributed by atoms with E-state index in [4.69, 9.17) is 18.9 Å². The second-order valence-corrected chi connectivity index (χ2v) is 24.3. The Labute approximate surface area is 494 Å². The largest absolute Gasteiger partial charge is 0.394 e. The van der Waals surface area contributed by atoms with E-state index >= 15 is 0 Å². The predicted octanol–water partition coefficient (Wildman–Crippen LogP) is 13.2. The molecule has 12 atom stereocenters. The zero-order valence-electron chi connectivity index (χ0n) is 51.8. The van der Waals surface area contributed by atoms with Crippen molar-refractivity contribution in [2.24, 2.45) is 0 Å². The molecular weight excluding hydrogens is 1030 g/mol. The van der Waals surface area contributed by atoms with Crippen molar-refractivity contribution in [2.75, 3.05) is 19.8 Å². The molecule has 2 rings (SSSR count). The van der Waals surface area contributed by atoms with Crippen molar-refractivity contribution >= 4 is 5.91 Å². The maximum absolute atomic E-state index is 13.3. The van der Waals surface area contributed by atoms with Gasteiger partial charge in [0.05, 0.1) is 32.0 Å². The molecule has 0 spiro atoms. The van der Waals surface area contributed by atoms with Crippen LogP contribution in [-0.4, -0.2) is 140 Å². The topological polar surface area (TPSA) is 228 Å². The summed E-state index contributed by atoms with van der Waals surface area (Å²) >= 11 is 0. The van der Waals surface area contributed by atoms with Gasteiger partial charge in [-0.2, -0.15) is 0 Å². The third-order valence-electron chi connectivity index (χ3n) is 16.9. The van der Waals surface area contributed by atoms with Crippen molar-refractivity contribution in [3.05, 3.63) is 24.3 Å². The fourth-order valence-corrected chi connectivity index (χ4v) is 11.4. The minimum absolute atomic E-state index is 0.240. The van der Waals surface area contributed by atoms with Crippen LogP contribution in [0.1, 0.15) is 303 Å². The molecule has 2 fully saturated rings. The number of aliphatic hydroxyl groups excluding tert-OH is 8. The van der Waals surface area contributed by atoms with Crippen LogP contribution in [0.3, 0.4) is 0 Å². The van der Waals surface area contributed by atoms with Crippen molar-refractivity contribution in [3.63, 3.8) is 0 Å². The maximum Gasteiger partial charge on any atom is 0.220 e. The third-order valence-corrected chi connectivity index (χ3v) is 16.9. The Bertz CT molecular complexity index is 1450. The summed E-state index contributed by atoms with van der Waals surface area (Å²) in [4.78, 5) is 13.3. The van der Waals surface area contributed by atoms with Gasteiger partial charge in [0, 0.05) is 6.42 Å². The molecule has 2 saturated heterocycles. The Morgan fingerprint density at radius 2 is 0.778 bits per heavy atom. The second-order valence-electron chi connectivity index (χ2n) is 24.3. The lowest BCUT2D eigenvalue weighted by atomic mass is 9.97. The van der Waals surface area contributed by atoms with Crippen molar-refractivity contribution < 1.29 is 64.6 Å². The van der Waals surface area contributed by atoms with Gasteiger partial charge in [0.15, 0.2) is 12.6 Å². The highest BCUT2D eigenvalue weighted by Crippen LogP contribution is 2.30. The number of ether oxygens (including phenoxy) is 4. The minimum Gasteiger partial charge on any atom is -0.394 e. The summed E-state index contributed by atoms with van der Waals surface area (Å²) in [6.07, 6.45) is 48.1. The van der Waals surface area contributed by atoms with Gasteiger partial charge in [0.25, 0.3) is 0 Å². The Morgan fingerprint density at radius 1 is 0.432 bits per heavy atom. The molecule has 0 radical (unpaired) electrons. The van der Waals surface area contributed by atoms with Crippen LogP contribution in [0.5, 0.6) is 0 Å². The number of carbonyl (C=O) groups excluding carboxylic acids is 1. The molecule has 478 valence electrons. The Balaban J connectivity index is 1.67. The molecule has 2 heterocycles. The van der Waals surface area contributed by atoms with Gasteiger partial charge in [-0.1, -0.05) is 276 Å². The van der Waals surface area contributed by atoms with E-state index in [9.17, 15) is 45.6 Å². The first-order chi connectivity index (χ1) is 39.6. The standard InChI is InChI=1S/C67H127NO13/c1-3-5-7-9-11-13-15-17-19-21-22-23-24-25-26-27-28-29-30-31-32-33-35-36-38-40-42-44-46-48-50-56(71)55(68-59(72)51-49-47-45-43-41-39-37-34-20-18-16-14-12-10-8-6-4-2)54-78-66-64(77)62(75)65(58(53-70)80-66)81-67-63(76)61(74)60(73)57(52-69)79-67/h18,20,48,50,55-58,60-67,69-71,73-77H,3-17,19,21-47,49,51-54H2,1-2H3,(H,68,72)/b20-18-,50-48+. The SMILES string of the molecule is CCCCCCCC/C=C\CCCCCCCCCC(=O)NC(COC1OC(CO)C(OC2OC(CO)C(O)C(O)C2O)C(O)C1O)C(O)/C=C/CCCCCCCCCCCCCCCCCCCCCCCCCCCCCC. The molecule has 12 unspecified atom stereocenters. The van der Waals surface area contributed by atoms with E-state index in [1.54, 1.807) is 6.08 Å². The van der Waals surface area contributed by atoms with Gasteiger partial charge in [-0.25, -0.2) is 0 Å². The van der Waals surface area contributed by atoms with Crippen LogP contribution in [-0.2, 0) is 23.7 Å². The van der Waals surface area contributed by atoms with Gasteiger partial charge in [0.2, 0.25) is 5.91 Å². The van der Waals surface area contributed by atoms with Gasteiger partial charge >= 0.3 is 0 Å². The molecule has 2 aliphatic heterocycles.